The summed E-state index contributed by atoms with van der Waals surface area (Å²) < 4.78 is 1.89. The van der Waals surface area contributed by atoms with Crippen LogP contribution >= 0.6 is 0 Å². The van der Waals surface area contributed by atoms with E-state index in [1.807, 2.05) is 4.68 Å². The first kappa shape index (κ1) is 16.5. The lowest BCUT2D eigenvalue weighted by molar-refractivity contribution is -0.121. The summed E-state index contributed by atoms with van der Waals surface area (Å²) in [5.41, 5.74) is 0.970. The number of rotatable bonds is 4. The van der Waals surface area contributed by atoms with E-state index in [0.29, 0.717) is 23.1 Å². The zero-order valence-electron chi connectivity index (χ0n) is 14.4. The van der Waals surface area contributed by atoms with Crippen LogP contribution in [0.15, 0.2) is 36.5 Å². The molecule has 0 radical (unpaired) electrons. The van der Waals surface area contributed by atoms with E-state index < -0.39 is 0 Å². The highest BCUT2D eigenvalue weighted by molar-refractivity contribution is 6.20. The molecule has 4 rings (SSSR count). The van der Waals surface area contributed by atoms with Gasteiger partial charge in [-0.3, -0.25) is 19.3 Å². The molecule has 3 amide bonds. The average molecular weight is 352 g/mol. The second kappa shape index (κ2) is 6.74. The third-order valence-corrected chi connectivity index (χ3v) is 5.02. The molecule has 1 aromatic carbocycles. The maximum atomic E-state index is 12.5. The van der Waals surface area contributed by atoms with E-state index in [2.05, 4.69) is 10.4 Å². The van der Waals surface area contributed by atoms with Crippen LogP contribution in [0.25, 0.3) is 0 Å². The first-order valence-electron chi connectivity index (χ1n) is 8.94. The molecule has 1 saturated heterocycles. The number of benzene rings is 1. The van der Waals surface area contributed by atoms with Gasteiger partial charge in [-0.05, 0) is 37.1 Å². The van der Waals surface area contributed by atoms with Gasteiger partial charge < -0.3 is 5.32 Å². The van der Waals surface area contributed by atoms with Gasteiger partial charge in [-0.15, -0.1) is 0 Å². The molecule has 1 N–H and O–H groups in total. The van der Waals surface area contributed by atoms with Crippen LogP contribution in [0.2, 0.25) is 0 Å². The van der Waals surface area contributed by atoms with Crippen molar-refractivity contribution in [1.29, 1.82) is 0 Å². The summed E-state index contributed by atoms with van der Waals surface area (Å²) in [5, 5.41) is 7.25. The van der Waals surface area contributed by atoms with E-state index in [4.69, 9.17) is 0 Å². The number of carbonyl (C=O) groups is 3. The van der Waals surface area contributed by atoms with Crippen molar-refractivity contribution in [2.75, 3.05) is 10.2 Å². The normalized spacial score (nSPS) is 17.9. The Hall–Kier alpha value is -2.96. The highest BCUT2D eigenvalue weighted by atomic mass is 16.2. The van der Waals surface area contributed by atoms with Gasteiger partial charge in [0.2, 0.25) is 11.8 Å². The third kappa shape index (κ3) is 3.00. The molecule has 1 aliphatic heterocycles. The lowest BCUT2D eigenvalue weighted by Crippen LogP contribution is -2.28. The van der Waals surface area contributed by atoms with Gasteiger partial charge in [0.1, 0.15) is 5.82 Å². The van der Waals surface area contributed by atoms with E-state index in [1.54, 1.807) is 36.5 Å². The minimum Gasteiger partial charge on any atom is -0.307 e. The molecule has 26 heavy (non-hydrogen) atoms. The molecule has 0 atom stereocenters. The monoisotopic (exact) mass is 352 g/mol. The maximum absolute atomic E-state index is 12.5. The van der Waals surface area contributed by atoms with E-state index >= 15 is 0 Å². The molecule has 134 valence electrons. The highest BCUT2D eigenvalue weighted by Crippen LogP contribution is 2.31. The van der Waals surface area contributed by atoms with Crippen LogP contribution in [0.4, 0.5) is 11.5 Å². The van der Waals surface area contributed by atoms with E-state index in [1.165, 1.54) is 17.7 Å². The predicted octanol–water partition coefficient (Wildman–Crippen LogP) is 2.90. The predicted molar refractivity (Wildman–Crippen MR) is 95.9 cm³/mol. The average Bonchev–Trinajstić information content (AvgIpc) is 3.37. The van der Waals surface area contributed by atoms with Crippen molar-refractivity contribution in [3.8, 4) is 0 Å². The van der Waals surface area contributed by atoms with E-state index in [0.717, 1.165) is 12.8 Å². The van der Waals surface area contributed by atoms with Crippen molar-refractivity contribution in [3.63, 3.8) is 0 Å². The largest absolute Gasteiger partial charge is 0.307 e. The van der Waals surface area contributed by atoms with Crippen LogP contribution in [0, 0.1) is 0 Å². The van der Waals surface area contributed by atoms with Gasteiger partial charge in [-0.2, -0.15) is 5.10 Å². The Morgan fingerprint density at radius 3 is 2.31 bits per heavy atom. The summed E-state index contributed by atoms with van der Waals surface area (Å²) in [6.45, 7) is 0. The summed E-state index contributed by atoms with van der Waals surface area (Å²) in [4.78, 5) is 37.3. The molecule has 7 heteroatoms. The van der Waals surface area contributed by atoms with Crippen molar-refractivity contribution in [2.45, 2.75) is 44.6 Å². The molecule has 0 bridgehead atoms. The molecule has 2 aromatic rings. The van der Waals surface area contributed by atoms with Crippen LogP contribution in [0.5, 0.6) is 0 Å². The summed E-state index contributed by atoms with van der Waals surface area (Å²) in [6, 6.07) is 8.65. The molecular weight excluding hydrogens is 332 g/mol. The molecule has 1 saturated carbocycles. The Kier molecular flexibility index (Phi) is 4.28. The van der Waals surface area contributed by atoms with Gasteiger partial charge in [-0.1, -0.05) is 12.8 Å². The van der Waals surface area contributed by atoms with Gasteiger partial charge in [0, 0.05) is 24.5 Å². The van der Waals surface area contributed by atoms with Crippen LogP contribution < -0.4 is 10.2 Å². The Labute approximate surface area is 151 Å². The fourth-order valence-electron chi connectivity index (χ4n) is 3.67. The van der Waals surface area contributed by atoms with Crippen molar-refractivity contribution >= 4 is 29.2 Å². The number of aromatic nitrogens is 2. The molecular formula is C19H20N4O3. The van der Waals surface area contributed by atoms with Crippen LogP contribution in [-0.4, -0.2) is 27.5 Å². The zero-order valence-corrected chi connectivity index (χ0v) is 14.4. The maximum Gasteiger partial charge on any atom is 0.256 e. The van der Waals surface area contributed by atoms with Gasteiger partial charge in [-0.25, -0.2) is 4.68 Å². The number of nitrogens with zero attached hydrogens (tertiary/aromatic N) is 3. The van der Waals surface area contributed by atoms with Gasteiger partial charge in [0.25, 0.3) is 5.91 Å². The second-order valence-electron chi connectivity index (χ2n) is 6.72. The lowest BCUT2D eigenvalue weighted by Gasteiger charge is -2.16. The van der Waals surface area contributed by atoms with Gasteiger partial charge >= 0.3 is 0 Å². The standard InChI is InChI=1S/C19H20N4O3/c24-17-9-10-18(25)22(17)14-7-5-13(6-8-14)19(26)21-16-11-12-20-23(16)15-3-1-2-4-15/h5-8,11-12,15H,1-4,9-10H2,(H,21,26). The minimum absolute atomic E-state index is 0.201. The van der Waals surface area contributed by atoms with Crippen LogP contribution in [0.1, 0.15) is 54.9 Å². The molecule has 7 nitrogen and oxygen atoms in total. The molecule has 1 aliphatic carbocycles. The summed E-state index contributed by atoms with van der Waals surface area (Å²) >= 11 is 0. The van der Waals surface area contributed by atoms with Crippen LogP contribution in [0.3, 0.4) is 0 Å². The van der Waals surface area contributed by atoms with Gasteiger partial charge in [0.15, 0.2) is 0 Å². The Bertz CT molecular complexity index is 834. The Balaban J connectivity index is 1.48. The number of carbonyl (C=O) groups excluding carboxylic acids is 3. The fourth-order valence-corrected chi connectivity index (χ4v) is 3.67. The molecule has 1 aromatic heterocycles. The van der Waals surface area contributed by atoms with Crippen LogP contribution in [-0.2, 0) is 9.59 Å². The number of hydrogen-bond donors (Lipinski definition) is 1. The molecule has 2 heterocycles. The molecule has 2 fully saturated rings. The third-order valence-electron chi connectivity index (χ3n) is 5.02. The fraction of sp³-hybridized carbons (Fsp3) is 0.368. The first-order valence-corrected chi connectivity index (χ1v) is 8.94. The van der Waals surface area contributed by atoms with Crippen molar-refractivity contribution in [2.24, 2.45) is 0 Å². The van der Waals surface area contributed by atoms with Crippen molar-refractivity contribution in [3.05, 3.63) is 42.1 Å². The SMILES string of the molecule is O=C(Nc1ccnn1C1CCCC1)c1ccc(N2C(=O)CCC2=O)cc1. The smallest absolute Gasteiger partial charge is 0.256 e. The Morgan fingerprint density at radius 1 is 1.00 bits per heavy atom. The first-order chi connectivity index (χ1) is 12.6. The molecule has 0 unspecified atom stereocenters. The summed E-state index contributed by atoms with van der Waals surface area (Å²) in [7, 11) is 0. The topological polar surface area (TPSA) is 84.3 Å². The van der Waals surface area contributed by atoms with E-state index in [9.17, 15) is 14.4 Å². The second-order valence-corrected chi connectivity index (χ2v) is 6.72. The van der Waals surface area contributed by atoms with Crippen molar-refractivity contribution in [1.82, 2.24) is 9.78 Å². The number of hydrogen-bond acceptors (Lipinski definition) is 4. The number of imide groups is 1. The number of amides is 3. The molecule has 0 spiro atoms. The lowest BCUT2D eigenvalue weighted by atomic mass is 10.2. The highest BCUT2D eigenvalue weighted by Gasteiger charge is 2.30. The quantitative estimate of drug-likeness (QED) is 0.858. The zero-order chi connectivity index (χ0) is 18.1. The number of anilines is 2. The number of nitrogens with one attached hydrogen (secondary N) is 1. The molecule has 2 aliphatic rings. The minimum atomic E-state index is -0.240. The van der Waals surface area contributed by atoms with Gasteiger partial charge in [0.05, 0.1) is 17.9 Å². The van der Waals surface area contributed by atoms with E-state index in [-0.39, 0.29) is 30.6 Å². The summed E-state index contributed by atoms with van der Waals surface area (Å²) in [6.07, 6.45) is 6.72. The Morgan fingerprint density at radius 2 is 1.65 bits per heavy atom. The summed E-state index contributed by atoms with van der Waals surface area (Å²) in [5.74, 6) is 0.0478. The van der Waals surface area contributed by atoms with Crippen molar-refractivity contribution < 1.29 is 14.4 Å².